The molecule has 0 aromatic heterocycles. The van der Waals surface area contributed by atoms with Crippen molar-refractivity contribution in [1.29, 1.82) is 0 Å². The van der Waals surface area contributed by atoms with Crippen LogP contribution >= 0.6 is 0 Å². The number of rotatable bonds is 8. The fourth-order valence-corrected chi connectivity index (χ4v) is 4.18. The van der Waals surface area contributed by atoms with E-state index >= 15 is 0 Å². The average Bonchev–Trinajstić information content (AvgIpc) is 3.09. The lowest BCUT2D eigenvalue weighted by Gasteiger charge is -2.30. The molecule has 1 atom stereocenters. The van der Waals surface area contributed by atoms with Crippen LogP contribution in [0.2, 0.25) is 0 Å². The zero-order chi connectivity index (χ0) is 23.5. The predicted molar refractivity (Wildman–Crippen MR) is 130 cm³/mol. The smallest absolute Gasteiger partial charge is 0.259 e. The molecule has 1 aliphatic rings. The number of amides is 3. The van der Waals surface area contributed by atoms with Gasteiger partial charge in [-0.05, 0) is 35.9 Å². The third-order valence-corrected chi connectivity index (χ3v) is 5.99. The summed E-state index contributed by atoms with van der Waals surface area (Å²) in [6.07, 6.45) is 0. The molecule has 1 heterocycles. The van der Waals surface area contributed by atoms with E-state index in [0.717, 1.165) is 22.0 Å². The summed E-state index contributed by atoms with van der Waals surface area (Å²) in [5, 5.41) is 4.76. The molecule has 3 aromatic rings. The zero-order valence-electron chi connectivity index (χ0n) is 19.2. The highest BCUT2D eigenvalue weighted by molar-refractivity contribution is 6.26. The van der Waals surface area contributed by atoms with Crippen molar-refractivity contribution < 1.29 is 14.4 Å². The maximum Gasteiger partial charge on any atom is 0.259 e. The van der Waals surface area contributed by atoms with Gasteiger partial charge in [-0.1, -0.05) is 68.4 Å². The lowest BCUT2D eigenvalue weighted by Crippen LogP contribution is -2.51. The van der Waals surface area contributed by atoms with Crippen molar-refractivity contribution in [3.63, 3.8) is 0 Å². The quantitative estimate of drug-likeness (QED) is 0.572. The highest BCUT2D eigenvalue weighted by atomic mass is 16.2. The van der Waals surface area contributed by atoms with Gasteiger partial charge in [0.1, 0.15) is 12.6 Å². The van der Waals surface area contributed by atoms with Crippen molar-refractivity contribution >= 4 is 34.2 Å². The van der Waals surface area contributed by atoms with Crippen LogP contribution in [0.25, 0.3) is 10.8 Å². The molecule has 0 radical (unpaired) electrons. The van der Waals surface area contributed by atoms with E-state index in [4.69, 9.17) is 0 Å². The Morgan fingerprint density at radius 3 is 2.33 bits per heavy atom. The average molecular weight is 444 g/mol. The van der Waals surface area contributed by atoms with Crippen LogP contribution in [-0.4, -0.2) is 41.8 Å². The Morgan fingerprint density at radius 2 is 1.64 bits per heavy atom. The Hall–Kier alpha value is -3.67. The van der Waals surface area contributed by atoms with E-state index in [-0.39, 0.29) is 30.8 Å². The Morgan fingerprint density at radius 1 is 0.939 bits per heavy atom. The van der Waals surface area contributed by atoms with Gasteiger partial charge in [-0.3, -0.25) is 19.3 Å². The van der Waals surface area contributed by atoms with Crippen molar-refractivity contribution in [3.8, 4) is 0 Å². The van der Waals surface area contributed by atoms with Gasteiger partial charge in [0.05, 0.1) is 5.69 Å². The van der Waals surface area contributed by atoms with Gasteiger partial charge in [0.15, 0.2) is 0 Å². The van der Waals surface area contributed by atoms with Crippen molar-refractivity contribution in [2.24, 2.45) is 5.92 Å². The summed E-state index contributed by atoms with van der Waals surface area (Å²) in [6, 6.07) is 20.2. The molecule has 1 unspecified atom stereocenters. The second-order valence-electron chi connectivity index (χ2n) is 8.89. The molecule has 1 aliphatic heterocycles. The molecule has 0 saturated heterocycles. The van der Waals surface area contributed by atoms with Crippen LogP contribution in [0.15, 0.2) is 66.7 Å². The summed E-state index contributed by atoms with van der Waals surface area (Å²) in [4.78, 5) is 42.6. The molecule has 3 aromatic carbocycles. The monoisotopic (exact) mass is 443 g/mol. The van der Waals surface area contributed by atoms with Gasteiger partial charge in [0.25, 0.3) is 5.91 Å². The summed E-state index contributed by atoms with van der Waals surface area (Å²) in [6.45, 7) is 6.48. The zero-order valence-corrected chi connectivity index (χ0v) is 19.2. The number of carbonyl (C=O) groups is 3. The Balaban J connectivity index is 1.59. The molecular formula is C27H29N3O3. The van der Waals surface area contributed by atoms with E-state index < -0.39 is 6.04 Å². The molecule has 170 valence electrons. The fourth-order valence-electron chi connectivity index (χ4n) is 4.18. The van der Waals surface area contributed by atoms with Crippen LogP contribution in [0, 0.1) is 5.92 Å². The van der Waals surface area contributed by atoms with Crippen LogP contribution in [0.4, 0.5) is 5.69 Å². The Bertz CT molecular complexity index is 1180. The summed E-state index contributed by atoms with van der Waals surface area (Å²) in [5.74, 6) is -0.359. The highest BCUT2D eigenvalue weighted by Crippen LogP contribution is 2.37. The number of nitrogens with one attached hydrogen (secondary N) is 1. The molecule has 0 spiro atoms. The van der Waals surface area contributed by atoms with Crippen LogP contribution in [0.5, 0.6) is 0 Å². The first-order chi connectivity index (χ1) is 15.9. The van der Waals surface area contributed by atoms with E-state index in [1.54, 1.807) is 17.9 Å². The van der Waals surface area contributed by atoms with Crippen molar-refractivity contribution in [2.75, 3.05) is 18.0 Å². The molecule has 4 rings (SSSR count). The minimum Gasteiger partial charge on any atom is -0.354 e. The summed E-state index contributed by atoms with van der Waals surface area (Å²) in [5.41, 5.74) is 2.26. The topological polar surface area (TPSA) is 69.7 Å². The largest absolute Gasteiger partial charge is 0.354 e. The molecule has 3 amide bonds. The number of anilines is 1. The van der Waals surface area contributed by atoms with Gasteiger partial charge in [-0.2, -0.15) is 0 Å². The van der Waals surface area contributed by atoms with Crippen LogP contribution in [0.3, 0.4) is 0 Å². The van der Waals surface area contributed by atoms with E-state index in [0.29, 0.717) is 18.0 Å². The molecule has 0 saturated carbocycles. The highest BCUT2D eigenvalue weighted by Gasteiger charge is 2.34. The molecule has 0 fully saturated rings. The van der Waals surface area contributed by atoms with E-state index in [2.05, 4.69) is 5.32 Å². The normalized spacial score (nSPS) is 13.5. The summed E-state index contributed by atoms with van der Waals surface area (Å²) >= 11 is 0. The molecular weight excluding hydrogens is 414 g/mol. The predicted octanol–water partition coefficient (Wildman–Crippen LogP) is 3.99. The molecule has 6 nitrogen and oxygen atoms in total. The van der Waals surface area contributed by atoms with Crippen LogP contribution in [0.1, 0.15) is 36.7 Å². The van der Waals surface area contributed by atoms with Gasteiger partial charge >= 0.3 is 0 Å². The second-order valence-corrected chi connectivity index (χ2v) is 8.89. The van der Waals surface area contributed by atoms with Gasteiger partial charge < -0.3 is 10.2 Å². The molecule has 1 N–H and O–H groups in total. The van der Waals surface area contributed by atoms with Crippen molar-refractivity contribution in [3.05, 3.63) is 77.9 Å². The van der Waals surface area contributed by atoms with E-state index in [9.17, 15) is 14.4 Å². The molecule has 0 aliphatic carbocycles. The van der Waals surface area contributed by atoms with E-state index in [1.807, 2.05) is 74.5 Å². The summed E-state index contributed by atoms with van der Waals surface area (Å²) < 4.78 is 0. The fraction of sp³-hybridized carbons (Fsp3) is 0.296. The third-order valence-electron chi connectivity index (χ3n) is 5.99. The number of hydrogen-bond acceptors (Lipinski definition) is 3. The Labute approximate surface area is 194 Å². The third kappa shape index (κ3) is 4.60. The second kappa shape index (κ2) is 9.45. The molecule has 33 heavy (non-hydrogen) atoms. The van der Waals surface area contributed by atoms with Gasteiger partial charge in [-0.15, -0.1) is 0 Å². The summed E-state index contributed by atoms with van der Waals surface area (Å²) in [7, 11) is 0. The lowest BCUT2D eigenvalue weighted by atomic mass is 10.1. The lowest BCUT2D eigenvalue weighted by molar-refractivity contribution is -0.139. The minimum atomic E-state index is -0.674. The first-order valence-corrected chi connectivity index (χ1v) is 11.3. The maximum atomic E-state index is 13.6. The van der Waals surface area contributed by atoms with Crippen LogP contribution in [-0.2, 0) is 16.1 Å². The standard InChI is InChI=1S/C27H29N3O3/c1-18(2)15-28-26(32)19(3)29(16-20-9-5-4-6-10-20)24(31)17-30-23-14-8-12-21-11-7-13-22(25(21)23)27(30)33/h4-14,18-19H,15-17H2,1-3H3,(H,28,32). The molecule has 6 heteroatoms. The van der Waals surface area contributed by atoms with Crippen LogP contribution < -0.4 is 10.2 Å². The maximum absolute atomic E-state index is 13.6. The number of benzene rings is 3. The first-order valence-electron chi connectivity index (χ1n) is 11.3. The minimum absolute atomic E-state index is 0.124. The number of carbonyl (C=O) groups excluding carboxylic acids is 3. The van der Waals surface area contributed by atoms with Gasteiger partial charge in [0.2, 0.25) is 11.8 Å². The SMILES string of the molecule is CC(C)CNC(=O)C(C)N(Cc1ccccc1)C(=O)CN1C(=O)c2cccc3cccc1c23. The number of hydrogen-bond donors (Lipinski definition) is 1. The van der Waals surface area contributed by atoms with E-state index in [1.165, 1.54) is 4.90 Å². The van der Waals surface area contributed by atoms with Crippen molar-refractivity contribution in [1.82, 2.24) is 10.2 Å². The van der Waals surface area contributed by atoms with Gasteiger partial charge in [0, 0.05) is 24.0 Å². The number of nitrogens with zero attached hydrogens (tertiary/aromatic N) is 2. The van der Waals surface area contributed by atoms with Gasteiger partial charge in [-0.25, -0.2) is 0 Å². The Kier molecular flexibility index (Phi) is 6.45. The first kappa shape index (κ1) is 22.5. The molecule has 0 bridgehead atoms. The van der Waals surface area contributed by atoms with Crippen molar-refractivity contribution in [2.45, 2.75) is 33.4 Å².